The molecular formula is C20H27N7O2. The lowest BCUT2D eigenvalue weighted by Crippen LogP contribution is -2.48. The first-order chi connectivity index (χ1) is 13.9. The molecule has 1 heterocycles. The number of hydrogen-bond acceptors (Lipinski definition) is 7. The molecule has 1 fully saturated rings. The molecule has 7 N–H and O–H groups in total. The van der Waals surface area contributed by atoms with Crippen LogP contribution in [0.5, 0.6) is 0 Å². The van der Waals surface area contributed by atoms with E-state index in [9.17, 15) is 9.59 Å². The molecule has 29 heavy (non-hydrogen) atoms. The van der Waals surface area contributed by atoms with Gasteiger partial charge in [-0.2, -0.15) is 4.98 Å². The van der Waals surface area contributed by atoms with Crippen molar-refractivity contribution in [1.29, 1.82) is 0 Å². The lowest BCUT2D eigenvalue weighted by Gasteiger charge is -2.33. The second kappa shape index (κ2) is 8.87. The molecule has 1 aliphatic carbocycles. The third kappa shape index (κ3) is 5.00. The molecule has 1 aromatic heterocycles. The number of nitrogens with one attached hydrogen (secondary N) is 3. The van der Waals surface area contributed by atoms with Crippen LogP contribution in [-0.4, -0.2) is 40.9 Å². The van der Waals surface area contributed by atoms with Gasteiger partial charge in [0.05, 0.1) is 0 Å². The number of carbonyl (C=O) groups excluding carboxylic acids is 2. The number of carbonyl (C=O) groups is 2. The third-order valence-electron chi connectivity index (χ3n) is 5.17. The fraction of sp³-hybridized carbons (Fsp3) is 0.400. The van der Waals surface area contributed by atoms with E-state index in [1.807, 2.05) is 31.2 Å². The number of rotatable bonds is 6. The second-order valence-corrected chi connectivity index (χ2v) is 7.35. The average molecular weight is 397 g/mol. The highest BCUT2D eigenvalue weighted by molar-refractivity contribution is 5.98. The van der Waals surface area contributed by atoms with E-state index < -0.39 is 5.91 Å². The number of aryl methyl sites for hydroxylation is 1. The fourth-order valence-corrected chi connectivity index (χ4v) is 3.58. The second-order valence-electron chi connectivity index (χ2n) is 7.35. The molecule has 1 saturated carbocycles. The monoisotopic (exact) mass is 397 g/mol. The van der Waals surface area contributed by atoms with Gasteiger partial charge in [-0.15, -0.1) is 0 Å². The number of benzene rings is 1. The average Bonchev–Trinajstić information content (AvgIpc) is 2.69. The number of anilines is 3. The van der Waals surface area contributed by atoms with Crippen molar-refractivity contribution in [3.63, 3.8) is 0 Å². The Morgan fingerprint density at radius 1 is 1.24 bits per heavy atom. The van der Waals surface area contributed by atoms with Crippen molar-refractivity contribution < 1.29 is 9.59 Å². The highest BCUT2D eigenvalue weighted by Crippen LogP contribution is 2.26. The van der Waals surface area contributed by atoms with E-state index in [1.165, 1.54) is 6.20 Å². The molecule has 0 saturated heterocycles. The van der Waals surface area contributed by atoms with Crippen LogP contribution in [0.1, 0.15) is 35.2 Å². The predicted molar refractivity (Wildman–Crippen MR) is 112 cm³/mol. The van der Waals surface area contributed by atoms with E-state index >= 15 is 0 Å². The minimum absolute atomic E-state index is 0.0191. The molecule has 9 heteroatoms. The zero-order chi connectivity index (χ0) is 21.0. The summed E-state index contributed by atoms with van der Waals surface area (Å²) in [5.41, 5.74) is 13.8. The van der Waals surface area contributed by atoms with Gasteiger partial charge in [0.1, 0.15) is 11.4 Å². The molecule has 0 aliphatic heterocycles. The Morgan fingerprint density at radius 3 is 2.69 bits per heavy atom. The largest absolute Gasteiger partial charge is 0.365 e. The van der Waals surface area contributed by atoms with Crippen LogP contribution in [0.2, 0.25) is 0 Å². The van der Waals surface area contributed by atoms with Gasteiger partial charge in [0.2, 0.25) is 11.9 Å². The van der Waals surface area contributed by atoms with Crippen molar-refractivity contribution in [2.24, 2.45) is 17.4 Å². The van der Waals surface area contributed by atoms with E-state index in [1.54, 1.807) is 7.05 Å². The molecule has 2 amide bonds. The van der Waals surface area contributed by atoms with Gasteiger partial charge in [-0.1, -0.05) is 12.1 Å². The molecule has 1 aliphatic rings. The molecule has 0 radical (unpaired) electrons. The van der Waals surface area contributed by atoms with Crippen molar-refractivity contribution in [3.8, 4) is 0 Å². The van der Waals surface area contributed by atoms with E-state index in [4.69, 9.17) is 11.5 Å². The van der Waals surface area contributed by atoms with Crippen molar-refractivity contribution >= 4 is 29.3 Å². The smallest absolute Gasteiger partial charge is 0.254 e. The Balaban J connectivity index is 1.77. The summed E-state index contributed by atoms with van der Waals surface area (Å²) in [6, 6.07) is 7.43. The van der Waals surface area contributed by atoms with Crippen LogP contribution in [0, 0.1) is 12.8 Å². The maximum Gasteiger partial charge on any atom is 0.254 e. The first kappa shape index (κ1) is 20.5. The van der Waals surface area contributed by atoms with Crippen molar-refractivity contribution in [1.82, 2.24) is 15.3 Å². The zero-order valence-electron chi connectivity index (χ0n) is 16.6. The molecule has 1 aromatic carbocycles. The lowest BCUT2D eigenvalue weighted by molar-refractivity contribution is -0.125. The lowest BCUT2D eigenvalue weighted by atomic mass is 9.82. The van der Waals surface area contributed by atoms with E-state index in [2.05, 4.69) is 25.9 Å². The highest BCUT2D eigenvalue weighted by Gasteiger charge is 2.32. The van der Waals surface area contributed by atoms with Gasteiger partial charge in [0.15, 0.2) is 0 Å². The van der Waals surface area contributed by atoms with Crippen LogP contribution in [0.25, 0.3) is 0 Å². The van der Waals surface area contributed by atoms with Crippen LogP contribution >= 0.6 is 0 Å². The number of aromatic nitrogens is 2. The van der Waals surface area contributed by atoms with Gasteiger partial charge in [-0.3, -0.25) is 9.59 Å². The van der Waals surface area contributed by atoms with Crippen LogP contribution in [-0.2, 0) is 4.79 Å². The van der Waals surface area contributed by atoms with Crippen LogP contribution < -0.4 is 27.4 Å². The number of hydrogen-bond donors (Lipinski definition) is 5. The Hall–Kier alpha value is -3.20. The molecule has 0 spiro atoms. The Morgan fingerprint density at radius 2 is 2.03 bits per heavy atom. The SMILES string of the molecule is CNC(=O)[C@@H]1CC[C@@H](Nc2ncc(C(N)=O)c(Nc3cccc(C)c3)n2)[C@@H](N)C1. The maximum absolute atomic E-state index is 11.9. The molecule has 3 atom stereocenters. The van der Waals surface area contributed by atoms with Gasteiger partial charge in [-0.25, -0.2) is 4.98 Å². The minimum atomic E-state index is -0.616. The van der Waals surface area contributed by atoms with Gasteiger partial charge in [-0.05, 0) is 43.9 Å². The van der Waals surface area contributed by atoms with E-state index in [0.717, 1.165) is 24.1 Å². The van der Waals surface area contributed by atoms with Crippen LogP contribution in [0.3, 0.4) is 0 Å². The molecule has 3 rings (SSSR count). The summed E-state index contributed by atoms with van der Waals surface area (Å²) >= 11 is 0. The van der Waals surface area contributed by atoms with Crippen molar-refractivity contribution in [3.05, 3.63) is 41.6 Å². The molecular weight excluding hydrogens is 370 g/mol. The number of amides is 2. The van der Waals surface area contributed by atoms with Crippen molar-refractivity contribution in [2.75, 3.05) is 17.7 Å². The third-order valence-corrected chi connectivity index (χ3v) is 5.17. The summed E-state index contributed by atoms with van der Waals surface area (Å²) in [4.78, 5) is 32.3. The van der Waals surface area contributed by atoms with E-state index in [0.29, 0.717) is 18.2 Å². The summed E-state index contributed by atoms with van der Waals surface area (Å²) in [6.07, 6.45) is 3.45. The highest BCUT2D eigenvalue weighted by atomic mass is 16.2. The minimum Gasteiger partial charge on any atom is -0.365 e. The summed E-state index contributed by atoms with van der Waals surface area (Å²) < 4.78 is 0. The molecule has 9 nitrogen and oxygen atoms in total. The maximum atomic E-state index is 11.9. The van der Waals surface area contributed by atoms with Gasteiger partial charge < -0.3 is 27.4 Å². The van der Waals surface area contributed by atoms with Gasteiger partial charge in [0, 0.05) is 36.9 Å². The summed E-state index contributed by atoms with van der Waals surface area (Å²) in [7, 11) is 1.63. The first-order valence-corrected chi connectivity index (χ1v) is 9.61. The topological polar surface area (TPSA) is 148 Å². The normalized spacial score (nSPS) is 21.3. The molecule has 154 valence electrons. The molecule has 0 bridgehead atoms. The molecule has 0 unspecified atom stereocenters. The predicted octanol–water partition coefficient (Wildman–Crippen LogP) is 1.28. The van der Waals surface area contributed by atoms with E-state index in [-0.39, 0.29) is 29.5 Å². The Labute approximate surface area is 169 Å². The Bertz CT molecular complexity index is 902. The summed E-state index contributed by atoms with van der Waals surface area (Å²) in [5, 5.41) is 9.06. The summed E-state index contributed by atoms with van der Waals surface area (Å²) in [6.45, 7) is 1.98. The number of nitrogens with two attached hydrogens (primary N) is 2. The van der Waals surface area contributed by atoms with Crippen molar-refractivity contribution in [2.45, 2.75) is 38.3 Å². The first-order valence-electron chi connectivity index (χ1n) is 9.61. The zero-order valence-corrected chi connectivity index (χ0v) is 16.6. The van der Waals surface area contributed by atoms with Gasteiger partial charge in [0.25, 0.3) is 5.91 Å². The fourth-order valence-electron chi connectivity index (χ4n) is 3.58. The standard InChI is InChI=1S/C20H27N7O2/c1-11-4-3-5-13(8-11)25-18-14(17(22)28)10-24-20(27-18)26-16-7-6-12(9-15(16)21)19(29)23-2/h3-5,8,10,12,15-16H,6-7,9,21H2,1-2H3,(H2,22,28)(H,23,29)(H2,24,25,26,27)/t12-,15+,16-/m1/s1. The number of primary amides is 1. The number of nitrogens with zero attached hydrogens (tertiary/aromatic N) is 2. The molecule has 2 aromatic rings. The van der Waals surface area contributed by atoms with Crippen LogP contribution in [0.15, 0.2) is 30.5 Å². The van der Waals surface area contributed by atoms with Crippen LogP contribution in [0.4, 0.5) is 17.5 Å². The Kier molecular flexibility index (Phi) is 6.28. The van der Waals surface area contributed by atoms with Gasteiger partial charge >= 0.3 is 0 Å². The summed E-state index contributed by atoms with van der Waals surface area (Å²) in [5.74, 6) is 0.00191. The quantitative estimate of drug-likeness (QED) is 0.493.